The second-order valence-corrected chi connectivity index (χ2v) is 7.27. The van der Waals surface area contributed by atoms with Crippen LogP contribution in [-0.4, -0.2) is 21.0 Å². The lowest BCUT2D eigenvalue weighted by Gasteiger charge is -2.19. The van der Waals surface area contributed by atoms with Gasteiger partial charge >= 0.3 is 5.97 Å². The van der Waals surface area contributed by atoms with Crippen molar-refractivity contribution >= 4 is 27.4 Å². The Morgan fingerprint density at radius 2 is 2.00 bits per heavy atom. The zero-order chi connectivity index (χ0) is 17.3. The monoisotopic (exact) mass is 340 g/mol. The molecule has 0 bridgehead atoms. The SMILES string of the molecule is CC(C)(Cc1ccnc(-c2nc(=O)c3ccccc3s2)c1)C(=O)O. The summed E-state index contributed by atoms with van der Waals surface area (Å²) in [6, 6.07) is 10.9. The van der Waals surface area contributed by atoms with Crippen LogP contribution in [0.4, 0.5) is 0 Å². The summed E-state index contributed by atoms with van der Waals surface area (Å²) in [5.74, 6) is -0.852. The van der Waals surface area contributed by atoms with Crippen LogP contribution in [0.15, 0.2) is 47.4 Å². The predicted octanol–water partition coefficient (Wildman–Crippen LogP) is 3.37. The largest absolute Gasteiger partial charge is 0.481 e. The molecule has 2 aromatic heterocycles. The Kier molecular flexibility index (Phi) is 4.15. The molecule has 0 saturated heterocycles. The lowest BCUT2D eigenvalue weighted by molar-refractivity contribution is -0.146. The fourth-order valence-corrected chi connectivity index (χ4v) is 3.37. The van der Waals surface area contributed by atoms with Crippen molar-refractivity contribution in [2.24, 2.45) is 5.41 Å². The van der Waals surface area contributed by atoms with Gasteiger partial charge < -0.3 is 5.11 Å². The van der Waals surface area contributed by atoms with Crippen LogP contribution in [0.25, 0.3) is 20.8 Å². The predicted molar refractivity (Wildman–Crippen MR) is 94.2 cm³/mol. The van der Waals surface area contributed by atoms with Crippen LogP contribution < -0.4 is 5.56 Å². The normalized spacial score (nSPS) is 11.6. The van der Waals surface area contributed by atoms with E-state index < -0.39 is 11.4 Å². The van der Waals surface area contributed by atoms with E-state index >= 15 is 0 Å². The van der Waals surface area contributed by atoms with Gasteiger partial charge in [0.25, 0.3) is 5.56 Å². The number of rotatable bonds is 4. The van der Waals surface area contributed by atoms with Crippen molar-refractivity contribution in [3.05, 3.63) is 58.5 Å². The number of carbonyl (C=O) groups is 1. The van der Waals surface area contributed by atoms with Crippen molar-refractivity contribution in [2.45, 2.75) is 20.3 Å². The second kappa shape index (κ2) is 6.13. The number of carboxylic acids is 1. The minimum absolute atomic E-state index is 0.280. The van der Waals surface area contributed by atoms with Crippen LogP contribution in [-0.2, 0) is 11.2 Å². The number of aliphatic carboxylic acids is 1. The number of hydrogen-bond donors (Lipinski definition) is 1. The molecule has 0 aliphatic rings. The van der Waals surface area contributed by atoms with Gasteiger partial charge in [0.05, 0.1) is 16.5 Å². The second-order valence-electron chi connectivity index (χ2n) is 6.24. The number of fused-ring (bicyclic) bond motifs is 1. The average molecular weight is 340 g/mol. The van der Waals surface area contributed by atoms with Crippen molar-refractivity contribution in [3.63, 3.8) is 0 Å². The van der Waals surface area contributed by atoms with E-state index in [-0.39, 0.29) is 5.56 Å². The summed E-state index contributed by atoms with van der Waals surface area (Å²) in [5, 5.41) is 10.4. The number of pyridine rings is 1. The molecule has 3 rings (SSSR count). The minimum Gasteiger partial charge on any atom is -0.481 e. The van der Waals surface area contributed by atoms with Crippen molar-refractivity contribution in [2.75, 3.05) is 0 Å². The first-order valence-corrected chi connectivity index (χ1v) is 8.27. The Labute approximate surface area is 142 Å². The van der Waals surface area contributed by atoms with Crippen LogP contribution >= 0.6 is 11.3 Å². The van der Waals surface area contributed by atoms with E-state index in [0.717, 1.165) is 10.3 Å². The average Bonchev–Trinajstić information content (AvgIpc) is 2.54. The maximum Gasteiger partial charge on any atom is 0.309 e. The van der Waals surface area contributed by atoms with E-state index in [1.807, 2.05) is 18.2 Å². The molecule has 0 aliphatic heterocycles. The number of nitrogens with zero attached hydrogens (tertiary/aromatic N) is 2. The van der Waals surface area contributed by atoms with Crippen LogP contribution in [0.5, 0.6) is 0 Å². The molecule has 122 valence electrons. The fourth-order valence-electron chi connectivity index (χ4n) is 2.41. The Bertz CT molecular complexity index is 979. The van der Waals surface area contributed by atoms with E-state index in [1.54, 1.807) is 38.2 Å². The van der Waals surface area contributed by atoms with Gasteiger partial charge in [0.2, 0.25) is 0 Å². The Morgan fingerprint density at radius 3 is 2.75 bits per heavy atom. The summed E-state index contributed by atoms with van der Waals surface area (Å²) >= 11 is 1.40. The first-order chi connectivity index (χ1) is 11.4. The first kappa shape index (κ1) is 16.3. The third-order valence-corrected chi connectivity index (χ3v) is 4.87. The maximum absolute atomic E-state index is 12.2. The van der Waals surface area contributed by atoms with Crippen molar-refractivity contribution in [3.8, 4) is 10.7 Å². The highest BCUT2D eigenvalue weighted by Gasteiger charge is 2.27. The van der Waals surface area contributed by atoms with Crippen LogP contribution in [0.1, 0.15) is 19.4 Å². The molecule has 0 fully saturated rings. The van der Waals surface area contributed by atoms with Crippen molar-refractivity contribution < 1.29 is 9.90 Å². The summed E-state index contributed by atoms with van der Waals surface area (Å²) in [7, 11) is 0. The Morgan fingerprint density at radius 1 is 1.25 bits per heavy atom. The number of benzene rings is 1. The first-order valence-electron chi connectivity index (χ1n) is 7.45. The molecule has 3 aromatic rings. The van der Waals surface area contributed by atoms with Crippen molar-refractivity contribution in [1.82, 2.24) is 9.97 Å². The molecule has 2 heterocycles. The van der Waals surface area contributed by atoms with Crippen LogP contribution in [0.2, 0.25) is 0 Å². The molecule has 0 unspecified atom stereocenters. The molecular formula is C18H16N2O3S. The zero-order valence-electron chi connectivity index (χ0n) is 13.3. The van der Waals surface area contributed by atoms with E-state index in [1.165, 1.54) is 11.3 Å². The fraction of sp³-hybridized carbons (Fsp3) is 0.222. The van der Waals surface area contributed by atoms with Gasteiger partial charge in [0.15, 0.2) is 0 Å². The van der Waals surface area contributed by atoms with Gasteiger partial charge in [0.1, 0.15) is 5.01 Å². The van der Waals surface area contributed by atoms with Gasteiger partial charge in [-0.15, -0.1) is 11.3 Å². The Balaban J connectivity index is 2.03. The molecule has 1 aromatic carbocycles. The van der Waals surface area contributed by atoms with Gasteiger partial charge in [-0.05, 0) is 50.1 Å². The summed E-state index contributed by atoms with van der Waals surface area (Å²) < 4.78 is 0.852. The molecule has 24 heavy (non-hydrogen) atoms. The van der Waals surface area contributed by atoms with Crippen LogP contribution in [0.3, 0.4) is 0 Å². The van der Waals surface area contributed by atoms with E-state index in [4.69, 9.17) is 0 Å². The number of carboxylic acid groups (broad SMARTS) is 1. The molecule has 5 nitrogen and oxygen atoms in total. The van der Waals surface area contributed by atoms with Gasteiger partial charge in [0, 0.05) is 10.9 Å². The quantitative estimate of drug-likeness (QED) is 0.787. The molecular weight excluding hydrogens is 324 g/mol. The van der Waals surface area contributed by atoms with E-state index in [0.29, 0.717) is 22.5 Å². The summed E-state index contributed by atoms with van der Waals surface area (Å²) in [5.41, 5.74) is 0.281. The van der Waals surface area contributed by atoms with Gasteiger partial charge in [-0.3, -0.25) is 14.6 Å². The third kappa shape index (κ3) is 3.19. The van der Waals surface area contributed by atoms with E-state index in [2.05, 4.69) is 9.97 Å². The standard InChI is InChI=1S/C18H16N2O3S/c1-18(2,17(22)23)10-11-7-8-19-13(9-11)16-20-15(21)12-5-3-4-6-14(12)24-16/h3-9H,10H2,1-2H3,(H,22,23). The van der Waals surface area contributed by atoms with Gasteiger partial charge in [-0.1, -0.05) is 12.1 Å². The molecule has 6 heteroatoms. The van der Waals surface area contributed by atoms with Gasteiger partial charge in [-0.25, -0.2) is 0 Å². The van der Waals surface area contributed by atoms with Crippen LogP contribution in [0, 0.1) is 5.41 Å². The third-order valence-electron chi connectivity index (χ3n) is 3.80. The molecule has 0 saturated carbocycles. The van der Waals surface area contributed by atoms with Crippen molar-refractivity contribution in [1.29, 1.82) is 0 Å². The lowest BCUT2D eigenvalue weighted by atomic mass is 9.86. The van der Waals surface area contributed by atoms with Gasteiger partial charge in [-0.2, -0.15) is 4.98 Å². The maximum atomic E-state index is 12.2. The Hall–Kier alpha value is -2.60. The zero-order valence-corrected chi connectivity index (χ0v) is 14.1. The highest BCUT2D eigenvalue weighted by Crippen LogP contribution is 2.27. The number of hydrogen-bond acceptors (Lipinski definition) is 5. The molecule has 0 radical (unpaired) electrons. The summed E-state index contributed by atoms with van der Waals surface area (Å²) in [4.78, 5) is 31.9. The lowest BCUT2D eigenvalue weighted by Crippen LogP contribution is -2.26. The molecule has 0 spiro atoms. The molecule has 0 atom stereocenters. The highest BCUT2D eigenvalue weighted by atomic mass is 32.1. The molecule has 0 amide bonds. The highest BCUT2D eigenvalue weighted by molar-refractivity contribution is 7.21. The molecule has 1 N–H and O–H groups in total. The number of aromatic nitrogens is 2. The summed E-state index contributed by atoms with van der Waals surface area (Å²) in [6.45, 7) is 3.37. The van der Waals surface area contributed by atoms with E-state index in [9.17, 15) is 14.7 Å². The smallest absolute Gasteiger partial charge is 0.309 e. The topological polar surface area (TPSA) is 80.2 Å². The molecule has 0 aliphatic carbocycles. The minimum atomic E-state index is -0.872. The summed E-state index contributed by atoms with van der Waals surface area (Å²) in [6.07, 6.45) is 2.00.